The number of thiophene rings is 1. The number of piperidine rings is 1. The van der Waals surface area contributed by atoms with Crippen LogP contribution < -0.4 is 4.74 Å². The van der Waals surface area contributed by atoms with Gasteiger partial charge in [-0.15, -0.1) is 11.3 Å². The van der Waals surface area contributed by atoms with Crippen molar-refractivity contribution in [2.75, 3.05) is 13.1 Å². The lowest BCUT2D eigenvalue weighted by molar-refractivity contribution is 0.101. The van der Waals surface area contributed by atoms with E-state index in [0.717, 1.165) is 23.5 Å². The van der Waals surface area contributed by atoms with Gasteiger partial charge < -0.3 is 9.84 Å². The number of nitrogens with zero attached hydrogens (tertiary/aromatic N) is 1. The maximum absolute atomic E-state index is 12.6. The largest absolute Gasteiger partial charge is 0.507 e. The highest BCUT2D eigenvalue weighted by molar-refractivity contribution is 7.10. The van der Waals surface area contributed by atoms with Gasteiger partial charge >= 0.3 is 0 Å². The quantitative estimate of drug-likeness (QED) is 0.834. The highest BCUT2D eigenvalue weighted by atomic mass is 32.1. The second-order valence-electron chi connectivity index (χ2n) is 6.88. The van der Waals surface area contributed by atoms with E-state index >= 15 is 0 Å². The molecule has 0 amide bonds. The van der Waals surface area contributed by atoms with E-state index in [9.17, 15) is 9.90 Å². The zero-order valence-electron chi connectivity index (χ0n) is 14.2. The minimum atomic E-state index is -0.114. The van der Waals surface area contributed by atoms with Crippen molar-refractivity contribution in [1.29, 1.82) is 0 Å². The molecular formula is C20H21NO3S. The van der Waals surface area contributed by atoms with Gasteiger partial charge in [0.2, 0.25) is 5.78 Å². The van der Waals surface area contributed by atoms with Crippen LogP contribution in [-0.4, -0.2) is 28.9 Å². The van der Waals surface area contributed by atoms with Crippen molar-refractivity contribution < 1.29 is 14.6 Å². The molecule has 1 aromatic heterocycles. The van der Waals surface area contributed by atoms with Crippen LogP contribution in [0.4, 0.5) is 0 Å². The summed E-state index contributed by atoms with van der Waals surface area (Å²) in [6.07, 6.45) is 4.19. The van der Waals surface area contributed by atoms with E-state index in [1.54, 1.807) is 29.5 Å². The number of phenolic OH excluding ortho intramolecular Hbond substituents is 1. The van der Waals surface area contributed by atoms with Crippen LogP contribution in [0.3, 0.4) is 0 Å². The van der Waals surface area contributed by atoms with Gasteiger partial charge in [0, 0.05) is 24.0 Å². The van der Waals surface area contributed by atoms with E-state index in [1.165, 1.54) is 12.8 Å². The molecule has 2 aromatic rings. The number of carbonyl (C=O) groups excluding carboxylic acids is 1. The fraction of sp³-hybridized carbons (Fsp3) is 0.350. The highest BCUT2D eigenvalue weighted by Gasteiger charge is 2.32. The zero-order valence-corrected chi connectivity index (χ0v) is 15.0. The van der Waals surface area contributed by atoms with Crippen LogP contribution in [0.25, 0.3) is 6.08 Å². The van der Waals surface area contributed by atoms with Gasteiger partial charge in [0.25, 0.3) is 0 Å². The Balaban J connectivity index is 1.64. The van der Waals surface area contributed by atoms with Crippen LogP contribution in [0.5, 0.6) is 11.5 Å². The molecule has 0 unspecified atom stereocenters. The molecule has 0 radical (unpaired) electrons. The van der Waals surface area contributed by atoms with Crippen LogP contribution >= 0.6 is 11.3 Å². The summed E-state index contributed by atoms with van der Waals surface area (Å²) in [7, 11) is 0. The van der Waals surface area contributed by atoms with Crippen molar-refractivity contribution in [3.05, 3.63) is 51.4 Å². The summed E-state index contributed by atoms with van der Waals surface area (Å²) in [5.41, 5.74) is 1.26. The molecule has 4 nitrogen and oxygen atoms in total. The lowest BCUT2D eigenvalue weighted by atomic mass is 9.99. The van der Waals surface area contributed by atoms with Crippen molar-refractivity contribution in [1.82, 2.24) is 4.90 Å². The van der Waals surface area contributed by atoms with E-state index in [2.05, 4.69) is 11.8 Å². The molecular weight excluding hydrogens is 334 g/mol. The van der Waals surface area contributed by atoms with Gasteiger partial charge in [-0.25, -0.2) is 0 Å². The molecule has 0 bridgehead atoms. The first-order valence-electron chi connectivity index (χ1n) is 8.67. The Morgan fingerprint density at radius 2 is 2.28 bits per heavy atom. The zero-order chi connectivity index (χ0) is 17.4. The molecule has 5 heteroatoms. The number of allylic oxidation sites excluding steroid dienone is 1. The maximum Gasteiger partial charge on any atom is 0.232 e. The Morgan fingerprint density at radius 1 is 1.40 bits per heavy atom. The molecule has 2 aliphatic heterocycles. The standard InChI is InChI=1S/C20H21NO3S/c1-13-4-2-8-21(11-13)12-16-17(22)7-6-15-19(23)18(24-20(15)16)10-14-5-3-9-25-14/h3,5-7,9-10,13,22H,2,4,8,11-12H2,1H3/b18-10-/t13-/m0/s1. The van der Waals surface area contributed by atoms with Gasteiger partial charge in [0.05, 0.1) is 11.1 Å². The number of carbonyl (C=O) groups is 1. The Bertz CT molecular complexity index is 826. The lowest BCUT2D eigenvalue weighted by Crippen LogP contribution is -2.33. The van der Waals surface area contributed by atoms with Crippen LogP contribution in [0.2, 0.25) is 0 Å². The fourth-order valence-corrected chi connectivity index (χ4v) is 4.25. The van der Waals surface area contributed by atoms with Crippen LogP contribution in [0, 0.1) is 5.92 Å². The second kappa shape index (κ2) is 6.65. The number of phenols is 1. The van der Waals surface area contributed by atoms with Gasteiger partial charge in [-0.1, -0.05) is 13.0 Å². The van der Waals surface area contributed by atoms with Crippen LogP contribution in [-0.2, 0) is 6.54 Å². The normalized spacial score (nSPS) is 22.2. The highest BCUT2D eigenvalue weighted by Crippen LogP contribution is 2.40. The summed E-state index contributed by atoms with van der Waals surface area (Å²) < 4.78 is 5.90. The number of fused-ring (bicyclic) bond motifs is 1. The Morgan fingerprint density at radius 3 is 3.04 bits per heavy atom. The van der Waals surface area contributed by atoms with Gasteiger partial charge in [-0.05, 0) is 48.9 Å². The van der Waals surface area contributed by atoms with E-state index in [1.807, 2.05) is 17.5 Å². The number of ketones is 1. The van der Waals surface area contributed by atoms with E-state index in [4.69, 9.17) is 4.74 Å². The monoisotopic (exact) mass is 355 g/mol. The summed E-state index contributed by atoms with van der Waals surface area (Å²) in [5.74, 6) is 1.59. The lowest BCUT2D eigenvalue weighted by Gasteiger charge is -2.31. The number of aromatic hydroxyl groups is 1. The predicted molar refractivity (Wildman–Crippen MR) is 99.0 cm³/mol. The number of likely N-dealkylation sites (tertiary alicyclic amines) is 1. The molecule has 1 atom stereocenters. The third-order valence-electron chi connectivity index (χ3n) is 4.86. The number of ether oxygens (including phenoxy) is 1. The van der Waals surface area contributed by atoms with Gasteiger partial charge in [0.1, 0.15) is 11.5 Å². The summed E-state index contributed by atoms with van der Waals surface area (Å²) >= 11 is 1.56. The van der Waals surface area contributed by atoms with Crippen molar-refractivity contribution in [3.63, 3.8) is 0 Å². The summed E-state index contributed by atoms with van der Waals surface area (Å²) in [6, 6.07) is 7.16. The third kappa shape index (κ3) is 3.22. The first-order chi connectivity index (χ1) is 12.1. The molecule has 25 heavy (non-hydrogen) atoms. The summed E-state index contributed by atoms with van der Waals surface area (Å²) in [4.78, 5) is 16.0. The first kappa shape index (κ1) is 16.4. The van der Waals surface area contributed by atoms with Gasteiger partial charge in [0.15, 0.2) is 5.76 Å². The molecule has 0 spiro atoms. The summed E-state index contributed by atoms with van der Waals surface area (Å²) in [6.45, 7) is 4.89. The van der Waals surface area contributed by atoms with E-state index in [-0.39, 0.29) is 11.5 Å². The SMILES string of the molecule is C[C@H]1CCCN(Cc2c(O)ccc3c2O/C(=C\c2cccs2)C3=O)C1. The van der Waals surface area contributed by atoms with E-state index in [0.29, 0.717) is 29.5 Å². The average Bonchev–Trinajstić information content (AvgIpc) is 3.20. The molecule has 0 aliphatic carbocycles. The number of hydrogen-bond donors (Lipinski definition) is 1. The van der Waals surface area contributed by atoms with Gasteiger partial charge in [-0.3, -0.25) is 9.69 Å². The molecule has 1 fully saturated rings. The first-order valence-corrected chi connectivity index (χ1v) is 9.54. The molecule has 1 saturated heterocycles. The molecule has 2 aliphatic rings. The number of Topliss-reactive ketones (excluding diaryl/α,β-unsaturated/α-hetero) is 1. The topological polar surface area (TPSA) is 49.8 Å². The second-order valence-corrected chi connectivity index (χ2v) is 7.86. The minimum Gasteiger partial charge on any atom is -0.507 e. The predicted octanol–water partition coefficient (Wildman–Crippen LogP) is 4.30. The molecule has 4 rings (SSSR count). The minimum absolute atomic E-state index is 0.114. The molecule has 0 saturated carbocycles. The average molecular weight is 355 g/mol. The Kier molecular flexibility index (Phi) is 4.36. The molecule has 1 aromatic carbocycles. The van der Waals surface area contributed by atoms with Crippen molar-refractivity contribution in [2.45, 2.75) is 26.3 Å². The summed E-state index contributed by atoms with van der Waals surface area (Å²) in [5, 5.41) is 12.3. The van der Waals surface area contributed by atoms with Crippen molar-refractivity contribution in [2.24, 2.45) is 5.92 Å². The molecule has 130 valence electrons. The number of hydrogen-bond acceptors (Lipinski definition) is 5. The third-order valence-corrected chi connectivity index (χ3v) is 5.67. The molecule has 3 heterocycles. The van der Waals surface area contributed by atoms with Crippen molar-refractivity contribution >= 4 is 23.2 Å². The van der Waals surface area contributed by atoms with E-state index < -0.39 is 0 Å². The Labute approximate surface area is 151 Å². The Hall–Kier alpha value is -2.11. The van der Waals surface area contributed by atoms with Crippen molar-refractivity contribution in [3.8, 4) is 11.5 Å². The smallest absolute Gasteiger partial charge is 0.232 e. The van der Waals surface area contributed by atoms with Crippen LogP contribution in [0.15, 0.2) is 35.4 Å². The van der Waals surface area contributed by atoms with Crippen LogP contribution in [0.1, 0.15) is 40.6 Å². The number of benzene rings is 1. The maximum atomic E-state index is 12.6. The van der Waals surface area contributed by atoms with Gasteiger partial charge in [-0.2, -0.15) is 0 Å². The fourth-order valence-electron chi connectivity index (χ4n) is 3.61. The number of rotatable bonds is 3. The molecule has 1 N–H and O–H groups in total.